The first kappa shape index (κ1) is 18.1. The Morgan fingerprint density at radius 2 is 1.91 bits per heavy atom. The minimum Gasteiger partial charge on any atom is -0.492 e. The van der Waals surface area contributed by atoms with Crippen molar-refractivity contribution in [2.75, 3.05) is 51.0 Å². The number of carbonyl (C=O) groups is 1. The second-order valence-electron chi connectivity index (χ2n) is 5.19. The first-order valence-corrected chi connectivity index (χ1v) is 9.25. The number of ether oxygens (including phenoxy) is 3. The average molecular weight is 339 g/mol. The number of thioether (sulfide) groups is 1. The van der Waals surface area contributed by atoms with E-state index in [2.05, 4.69) is 11.8 Å². The highest BCUT2D eigenvalue weighted by Gasteiger charge is 2.10. The summed E-state index contributed by atoms with van der Waals surface area (Å²) in [5.41, 5.74) is 0. The van der Waals surface area contributed by atoms with Crippen LogP contribution in [0.2, 0.25) is 0 Å². The third kappa shape index (κ3) is 7.24. The Morgan fingerprint density at radius 3 is 2.61 bits per heavy atom. The first-order valence-electron chi connectivity index (χ1n) is 8.09. The highest BCUT2D eigenvalue weighted by Crippen LogP contribution is 2.18. The van der Waals surface area contributed by atoms with Crippen LogP contribution in [0, 0.1) is 0 Å². The van der Waals surface area contributed by atoms with Gasteiger partial charge in [0.05, 0.1) is 19.6 Å². The number of rotatable bonds is 9. The molecule has 0 radical (unpaired) electrons. The van der Waals surface area contributed by atoms with E-state index >= 15 is 0 Å². The lowest BCUT2D eigenvalue weighted by molar-refractivity contribution is -0.133. The predicted molar refractivity (Wildman–Crippen MR) is 92.4 cm³/mol. The minimum atomic E-state index is -0.188. The van der Waals surface area contributed by atoms with E-state index in [1.165, 1.54) is 0 Å². The second kappa shape index (κ2) is 10.5. The number of nitrogens with zero attached hydrogens (tertiary/aromatic N) is 1. The molecular weight excluding hydrogens is 314 g/mol. The van der Waals surface area contributed by atoms with Gasteiger partial charge in [-0.2, -0.15) is 11.8 Å². The molecule has 1 fully saturated rings. The molecule has 5 nitrogen and oxygen atoms in total. The fourth-order valence-corrected chi connectivity index (χ4v) is 2.80. The van der Waals surface area contributed by atoms with Crippen LogP contribution in [0.4, 0.5) is 0 Å². The molecule has 2 rings (SSSR count). The lowest BCUT2D eigenvalue weighted by atomic mass is 10.3. The summed E-state index contributed by atoms with van der Waals surface area (Å²) < 4.78 is 16.3. The van der Waals surface area contributed by atoms with Gasteiger partial charge in [0.1, 0.15) is 18.1 Å². The maximum atomic E-state index is 11.6. The van der Waals surface area contributed by atoms with Gasteiger partial charge < -0.3 is 14.2 Å². The SMILES string of the molecule is CCSCCC(=O)Oc1ccc(OCCN2CCOCC2)cc1. The largest absolute Gasteiger partial charge is 0.492 e. The second-order valence-corrected chi connectivity index (χ2v) is 6.59. The molecule has 0 aromatic heterocycles. The Hall–Kier alpha value is -1.24. The molecule has 1 aliphatic heterocycles. The molecular formula is C17H25NO4S. The zero-order valence-electron chi connectivity index (χ0n) is 13.7. The third-order valence-electron chi connectivity index (χ3n) is 3.49. The van der Waals surface area contributed by atoms with Gasteiger partial charge in [-0.3, -0.25) is 9.69 Å². The molecule has 0 N–H and O–H groups in total. The van der Waals surface area contributed by atoms with E-state index in [9.17, 15) is 4.79 Å². The predicted octanol–water partition coefficient (Wildman–Crippen LogP) is 2.45. The summed E-state index contributed by atoms with van der Waals surface area (Å²) in [6.07, 6.45) is 0.441. The van der Waals surface area contributed by atoms with Crippen molar-refractivity contribution in [3.8, 4) is 11.5 Å². The third-order valence-corrected chi connectivity index (χ3v) is 4.39. The molecule has 128 valence electrons. The zero-order valence-corrected chi connectivity index (χ0v) is 14.5. The monoisotopic (exact) mass is 339 g/mol. The number of esters is 1. The van der Waals surface area contributed by atoms with Crippen molar-refractivity contribution in [1.82, 2.24) is 4.90 Å². The lowest BCUT2D eigenvalue weighted by Crippen LogP contribution is -2.38. The quantitative estimate of drug-likeness (QED) is 0.391. The molecule has 1 saturated heterocycles. The van der Waals surface area contributed by atoms with Gasteiger partial charge in [0.25, 0.3) is 0 Å². The molecule has 0 saturated carbocycles. The number of hydrogen-bond acceptors (Lipinski definition) is 6. The van der Waals surface area contributed by atoms with Crippen LogP contribution < -0.4 is 9.47 Å². The maximum absolute atomic E-state index is 11.6. The molecule has 1 aromatic carbocycles. The zero-order chi connectivity index (χ0) is 16.3. The van der Waals surface area contributed by atoms with Crippen LogP contribution in [0.3, 0.4) is 0 Å². The van der Waals surface area contributed by atoms with Crippen LogP contribution >= 0.6 is 11.8 Å². The van der Waals surface area contributed by atoms with Crippen molar-refractivity contribution in [2.45, 2.75) is 13.3 Å². The molecule has 6 heteroatoms. The Morgan fingerprint density at radius 1 is 1.22 bits per heavy atom. The van der Waals surface area contributed by atoms with Gasteiger partial charge in [-0.1, -0.05) is 6.92 Å². The highest BCUT2D eigenvalue weighted by molar-refractivity contribution is 7.99. The molecule has 0 spiro atoms. The normalized spacial score (nSPS) is 15.3. The van der Waals surface area contributed by atoms with Crippen LogP contribution in [0.1, 0.15) is 13.3 Å². The van der Waals surface area contributed by atoms with E-state index in [-0.39, 0.29) is 5.97 Å². The molecule has 0 amide bonds. The number of morpholine rings is 1. The molecule has 0 atom stereocenters. The topological polar surface area (TPSA) is 48.0 Å². The number of hydrogen-bond donors (Lipinski definition) is 0. The Balaban J connectivity index is 1.66. The van der Waals surface area contributed by atoms with E-state index in [1.54, 1.807) is 23.9 Å². The van der Waals surface area contributed by atoms with E-state index in [4.69, 9.17) is 14.2 Å². The van der Waals surface area contributed by atoms with Crippen LogP contribution in [-0.2, 0) is 9.53 Å². The maximum Gasteiger partial charge on any atom is 0.312 e. The Kier molecular flexibility index (Phi) is 8.28. The fourth-order valence-electron chi connectivity index (χ4n) is 2.20. The summed E-state index contributed by atoms with van der Waals surface area (Å²) in [7, 11) is 0. The van der Waals surface area contributed by atoms with E-state index in [1.807, 2.05) is 12.1 Å². The van der Waals surface area contributed by atoms with Gasteiger partial charge in [0.2, 0.25) is 0 Å². The van der Waals surface area contributed by atoms with Gasteiger partial charge >= 0.3 is 5.97 Å². The van der Waals surface area contributed by atoms with E-state index in [0.717, 1.165) is 50.1 Å². The van der Waals surface area contributed by atoms with E-state index < -0.39 is 0 Å². The molecule has 1 aliphatic rings. The molecule has 1 aromatic rings. The summed E-state index contributed by atoms with van der Waals surface area (Å²) in [5.74, 6) is 2.99. The van der Waals surface area contributed by atoms with Crippen LogP contribution in [-0.4, -0.2) is 61.8 Å². The van der Waals surface area contributed by atoms with Crippen LogP contribution in [0.25, 0.3) is 0 Å². The summed E-state index contributed by atoms with van der Waals surface area (Å²) >= 11 is 1.74. The van der Waals surface area contributed by atoms with Gasteiger partial charge in [0, 0.05) is 25.4 Å². The van der Waals surface area contributed by atoms with Crippen molar-refractivity contribution in [2.24, 2.45) is 0 Å². The van der Waals surface area contributed by atoms with Crippen molar-refractivity contribution >= 4 is 17.7 Å². The van der Waals surface area contributed by atoms with Gasteiger partial charge in [0.15, 0.2) is 0 Å². The standard InChI is InChI=1S/C17H25NO4S/c1-2-23-14-7-17(19)22-16-5-3-15(4-6-16)21-13-10-18-8-11-20-12-9-18/h3-6H,2,7-14H2,1H3. The van der Waals surface area contributed by atoms with Gasteiger partial charge in [-0.05, 0) is 30.0 Å². The van der Waals surface area contributed by atoms with Crippen molar-refractivity contribution in [3.63, 3.8) is 0 Å². The first-order chi connectivity index (χ1) is 11.3. The van der Waals surface area contributed by atoms with E-state index in [0.29, 0.717) is 18.8 Å². The van der Waals surface area contributed by atoms with Crippen LogP contribution in [0.15, 0.2) is 24.3 Å². The van der Waals surface area contributed by atoms with Crippen LogP contribution in [0.5, 0.6) is 11.5 Å². The molecule has 0 aliphatic carbocycles. The molecule has 0 unspecified atom stereocenters. The van der Waals surface area contributed by atoms with Crippen molar-refractivity contribution in [3.05, 3.63) is 24.3 Å². The van der Waals surface area contributed by atoms with Gasteiger partial charge in [-0.15, -0.1) is 0 Å². The van der Waals surface area contributed by atoms with Crippen molar-refractivity contribution in [1.29, 1.82) is 0 Å². The Labute approximate surface area is 142 Å². The molecule has 1 heterocycles. The lowest BCUT2D eigenvalue weighted by Gasteiger charge is -2.26. The average Bonchev–Trinajstić information content (AvgIpc) is 2.58. The summed E-state index contributed by atoms with van der Waals surface area (Å²) in [6, 6.07) is 7.22. The Bertz CT molecular complexity index is 460. The summed E-state index contributed by atoms with van der Waals surface area (Å²) in [4.78, 5) is 14.0. The number of carbonyl (C=O) groups excluding carboxylic acids is 1. The smallest absolute Gasteiger partial charge is 0.312 e. The summed E-state index contributed by atoms with van der Waals surface area (Å²) in [5, 5.41) is 0. The summed E-state index contributed by atoms with van der Waals surface area (Å²) in [6.45, 7) is 7.16. The van der Waals surface area contributed by atoms with Crippen molar-refractivity contribution < 1.29 is 19.0 Å². The molecule has 0 bridgehead atoms. The number of benzene rings is 1. The fraction of sp³-hybridized carbons (Fsp3) is 0.588. The minimum absolute atomic E-state index is 0.188. The van der Waals surface area contributed by atoms with Gasteiger partial charge in [-0.25, -0.2) is 0 Å². The highest BCUT2D eigenvalue weighted by atomic mass is 32.2. The molecule has 23 heavy (non-hydrogen) atoms.